The topological polar surface area (TPSA) is 71.7 Å². The number of hydrogen-bond donors (Lipinski definition) is 3. The van der Waals surface area contributed by atoms with Crippen LogP contribution in [0.3, 0.4) is 0 Å². The molecule has 0 aliphatic heterocycles. The van der Waals surface area contributed by atoms with Crippen molar-refractivity contribution in [2.45, 2.75) is 19.8 Å². The number of anilines is 1. The maximum atomic E-state index is 5.43. The van der Waals surface area contributed by atoms with Gasteiger partial charge in [-0.05, 0) is 18.6 Å². The predicted molar refractivity (Wildman–Crippen MR) is 78.8 cm³/mol. The second-order valence-electron chi connectivity index (χ2n) is 3.73. The van der Waals surface area contributed by atoms with Gasteiger partial charge in [0.15, 0.2) is 0 Å². The van der Waals surface area contributed by atoms with Crippen molar-refractivity contribution in [2.75, 3.05) is 19.0 Å². The van der Waals surface area contributed by atoms with Gasteiger partial charge in [0.05, 0.1) is 7.11 Å². The second-order valence-corrected chi connectivity index (χ2v) is 4.65. The quantitative estimate of drug-likeness (QED) is 0.257. The van der Waals surface area contributed by atoms with Crippen molar-refractivity contribution in [3.63, 3.8) is 0 Å². The number of unbranched alkanes of at least 4 members (excludes halogenated alkanes) is 1. The Labute approximate surface area is 116 Å². The molecule has 0 saturated carbocycles. The van der Waals surface area contributed by atoms with Crippen LogP contribution < -0.4 is 21.3 Å². The number of nitrogens with zero attached hydrogens (tertiary/aromatic N) is 1. The van der Waals surface area contributed by atoms with Crippen molar-refractivity contribution in [2.24, 2.45) is 10.8 Å². The van der Waals surface area contributed by atoms with Crippen LogP contribution in [0.1, 0.15) is 19.8 Å². The fraction of sp³-hybridized carbons (Fsp3) is 0.417. The summed E-state index contributed by atoms with van der Waals surface area (Å²) in [6.45, 7) is 2.87. The van der Waals surface area contributed by atoms with Crippen LogP contribution in [0.15, 0.2) is 27.7 Å². The van der Waals surface area contributed by atoms with Gasteiger partial charge in [0.25, 0.3) is 0 Å². The smallest absolute Gasteiger partial charge is 0.210 e. The summed E-state index contributed by atoms with van der Waals surface area (Å²) >= 11 is 3.42. The molecule has 0 fully saturated rings. The van der Waals surface area contributed by atoms with Gasteiger partial charge in [0, 0.05) is 22.8 Å². The molecule has 0 atom stereocenters. The lowest BCUT2D eigenvalue weighted by Gasteiger charge is -2.11. The first kappa shape index (κ1) is 14.8. The van der Waals surface area contributed by atoms with Gasteiger partial charge in [-0.15, -0.1) is 0 Å². The van der Waals surface area contributed by atoms with Crippen molar-refractivity contribution >= 4 is 27.6 Å². The predicted octanol–water partition coefficient (Wildman–Crippen LogP) is 2.49. The number of guanidine groups is 1. The number of methoxy groups -OCH3 is 1. The van der Waals surface area contributed by atoms with E-state index in [1.54, 1.807) is 7.11 Å². The van der Waals surface area contributed by atoms with Gasteiger partial charge in [-0.3, -0.25) is 10.4 Å². The number of nitrogens with one attached hydrogen (secondary N) is 2. The van der Waals surface area contributed by atoms with Crippen LogP contribution in [0.4, 0.5) is 5.69 Å². The molecule has 0 unspecified atom stereocenters. The minimum Gasteiger partial charge on any atom is -0.497 e. The van der Waals surface area contributed by atoms with Gasteiger partial charge in [-0.25, -0.2) is 5.84 Å². The molecule has 0 aliphatic rings. The standard InChI is InChI=1S/C12H19BrN4O/c1-3-4-5-15-12(17-14)16-10-6-9(13)7-11(8-10)18-2/h6-8H,3-5,14H2,1-2H3,(H2,15,16,17). The summed E-state index contributed by atoms with van der Waals surface area (Å²) < 4.78 is 6.11. The van der Waals surface area contributed by atoms with Crippen LogP contribution in [-0.2, 0) is 0 Å². The molecule has 1 aromatic rings. The Morgan fingerprint density at radius 1 is 1.44 bits per heavy atom. The molecule has 0 radical (unpaired) electrons. The maximum absolute atomic E-state index is 5.43. The number of hydrogen-bond acceptors (Lipinski definition) is 3. The monoisotopic (exact) mass is 314 g/mol. The van der Waals surface area contributed by atoms with Crippen molar-refractivity contribution in [3.8, 4) is 5.75 Å². The summed E-state index contributed by atoms with van der Waals surface area (Å²) in [5, 5.41) is 3.11. The Hall–Kier alpha value is -1.27. The zero-order valence-electron chi connectivity index (χ0n) is 10.7. The number of halogens is 1. The van der Waals surface area contributed by atoms with Crippen molar-refractivity contribution < 1.29 is 4.74 Å². The summed E-state index contributed by atoms with van der Waals surface area (Å²) in [5.74, 6) is 6.73. The van der Waals surface area contributed by atoms with Gasteiger partial charge in [-0.1, -0.05) is 29.3 Å². The summed E-state index contributed by atoms with van der Waals surface area (Å²) in [7, 11) is 1.63. The van der Waals surface area contributed by atoms with Crippen molar-refractivity contribution in [1.82, 2.24) is 5.43 Å². The van der Waals surface area contributed by atoms with Crippen molar-refractivity contribution in [1.29, 1.82) is 0 Å². The van der Waals surface area contributed by atoms with E-state index in [-0.39, 0.29) is 0 Å². The van der Waals surface area contributed by atoms with Crippen LogP contribution in [0.2, 0.25) is 0 Å². The maximum Gasteiger partial charge on any atom is 0.210 e. The average Bonchev–Trinajstić information content (AvgIpc) is 2.37. The first-order chi connectivity index (χ1) is 8.69. The second kappa shape index (κ2) is 7.94. The highest BCUT2D eigenvalue weighted by Crippen LogP contribution is 2.24. The van der Waals surface area contributed by atoms with Crippen LogP contribution in [0.5, 0.6) is 5.75 Å². The van der Waals surface area contributed by atoms with Crippen LogP contribution in [-0.4, -0.2) is 19.6 Å². The van der Waals surface area contributed by atoms with E-state index >= 15 is 0 Å². The van der Waals surface area contributed by atoms with Gasteiger partial charge in [0.2, 0.25) is 5.96 Å². The van der Waals surface area contributed by atoms with E-state index in [1.807, 2.05) is 18.2 Å². The largest absolute Gasteiger partial charge is 0.497 e. The van der Waals surface area contributed by atoms with Crippen LogP contribution in [0.25, 0.3) is 0 Å². The first-order valence-corrected chi connectivity index (χ1v) is 6.61. The summed E-state index contributed by atoms with van der Waals surface area (Å²) in [5.41, 5.74) is 3.41. The van der Waals surface area contributed by atoms with Gasteiger partial charge >= 0.3 is 0 Å². The number of nitrogens with two attached hydrogens (primary N) is 1. The van der Waals surface area contributed by atoms with Crippen LogP contribution >= 0.6 is 15.9 Å². The van der Waals surface area contributed by atoms with E-state index < -0.39 is 0 Å². The normalized spacial score (nSPS) is 11.2. The third kappa shape index (κ3) is 4.93. The van der Waals surface area contributed by atoms with Gasteiger partial charge in [-0.2, -0.15) is 0 Å². The molecular weight excluding hydrogens is 296 g/mol. The highest BCUT2D eigenvalue weighted by Gasteiger charge is 2.02. The highest BCUT2D eigenvalue weighted by molar-refractivity contribution is 9.10. The lowest BCUT2D eigenvalue weighted by atomic mass is 10.3. The SMILES string of the molecule is CCCCN=C(NN)Nc1cc(Br)cc(OC)c1. The molecule has 1 rings (SSSR count). The van der Waals surface area contributed by atoms with E-state index in [9.17, 15) is 0 Å². The molecule has 0 amide bonds. The van der Waals surface area contributed by atoms with Gasteiger partial charge in [0.1, 0.15) is 5.75 Å². The molecule has 4 N–H and O–H groups in total. The molecule has 0 spiro atoms. The fourth-order valence-corrected chi connectivity index (χ4v) is 1.83. The molecule has 100 valence electrons. The molecule has 0 saturated heterocycles. The van der Waals surface area contributed by atoms with Gasteiger partial charge < -0.3 is 10.1 Å². The lowest BCUT2D eigenvalue weighted by Crippen LogP contribution is -2.36. The number of ether oxygens (including phenoxy) is 1. The molecule has 6 heteroatoms. The highest BCUT2D eigenvalue weighted by atomic mass is 79.9. The zero-order valence-corrected chi connectivity index (χ0v) is 12.3. The minimum absolute atomic E-state index is 0.545. The summed E-state index contributed by atoms with van der Waals surface area (Å²) in [4.78, 5) is 4.33. The molecule has 0 bridgehead atoms. The Morgan fingerprint density at radius 3 is 2.83 bits per heavy atom. The fourth-order valence-electron chi connectivity index (χ4n) is 1.36. The molecule has 5 nitrogen and oxygen atoms in total. The molecule has 0 aromatic heterocycles. The molecular formula is C12H19BrN4O. The number of rotatable bonds is 5. The molecule has 0 aliphatic carbocycles. The third-order valence-electron chi connectivity index (χ3n) is 2.29. The van der Waals surface area contributed by atoms with E-state index in [0.717, 1.165) is 35.3 Å². The molecule has 1 aromatic carbocycles. The summed E-state index contributed by atoms with van der Waals surface area (Å²) in [6, 6.07) is 5.68. The third-order valence-corrected chi connectivity index (χ3v) is 2.75. The Kier molecular flexibility index (Phi) is 6.53. The Balaban J connectivity index is 2.74. The molecule has 0 heterocycles. The zero-order chi connectivity index (χ0) is 13.4. The minimum atomic E-state index is 0.545. The van der Waals surface area contributed by atoms with E-state index in [4.69, 9.17) is 10.6 Å². The first-order valence-electron chi connectivity index (χ1n) is 5.82. The number of aliphatic imine (C=N–C) groups is 1. The van der Waals surface area contributed by atoms with Crippen molar-refractivity contribution in [3.05, 3.63) is 22.7 Å². The van der Waals surface area contributed by atoms with E-state index in [0.29, 0.717) is 5.96 Å². The summed E-state index contributed by atoms with van der Waals surface area (Å²) in [6.07, 6.45) is 2.14. The number of benzene rings is 1. The lowest BCUT2D eigenvalue weighted by molar-refractivity contribution is 0.415. The number of hydrazine groups is 1. The van der Waals surface area contributed by atoms with E-state index in [2.05, 4.69) is 38.6 Å². The Bertz CT molecular complexity index is 409. The Morgan fingerprint density at radius 2 is 2.22 bits per heavy atom. The van der Waals surface area contributed by atoms with E-state index in [1.165, 1.54) is 0 Å². The molecule has 18 heavy (non-hydrogen) atoms. The van der Waals surface area contributed by atoms with Crippen LogP contribution in [0, 0.1) is 0 Å². The average molecular weight is 315 g/mol.